The highest BCUT2D eigenvalue weighted by molar-refractivity contribution is 4.80. The zero-order valence-corrected chi connectivity index (χ0v) is 10.2. The molecule has 0 aliphatic rings. The molecule has 0 aliphatic heterocycles. The predicted octanol–water partition coefficient (Wildman–Crippen LogP) is 0.813. The molecule has 15 heavy (non-hydrogen) atoms. The average Bonchev–Trinajstić information content (AvgIpc) is 2.64. The van der Waals surface area contributed by atoms with Gasteiger partial charge < -0.3 is 10.2 Å². The molecule has 4 nitrogen and oxygen atoms in total. The zero-order chi connectivity index (χ0) is 11.3. The van der Waals surface area contributed by atoms with Crippen LogP contribution in [0.3, 0.4) is 0 Å². The Kier molecular flexibility index (Phi) is 4.29. The third kappa shape index (κ3) is 4.01. The molecule has 0 bridgehead atoms. The summed E-state index contributed by atoms with van der Waals surface area (Å²) in [6, 6.07) is 1.95. The van der Waals surface area contributed by atoms with Crippen molar-refractivity contribution >= 4 is 0 Å². The summed E-state index contributed by atoms with van der Waals surface area (Å²) in [7, 11) is 4.21. The SMILES string of the molecule is CN(C)C(C)(C)CNCCn1cccn1. The lowest BCUT2D eigenvalue weighted by Crippen LogP contribution is -2.47. The molecule has 4 heteroatoms. The Balaban J connectivity index is 2.17. The maximum absolute atomic E-state index is 4.15. The summed E-state index contributed by atoms with van der Waals surface area (Å²) in [6.07, 6.45) is 3.79. The van der Waals surface area contributed by atoms with Crippen LogP contribution in [0.1, 0.15) is 13.8 Å². The lowest BCUT2D eigenvalue weighted by atomic mass is 10.0. The van der Waals surface area contributed by atoms with Crippen LogP contribution in [0, 0.1) is 0 Å². The molecule has 1 N–H and O–H groups in total. The molecular weight excluding hydrogens is 188 g/mol. The van der Waals surface area contributed by atoms with Crippen molar-refractivity contribution in [1.29, 1.82) is 0 Å². The van der Waals surface area contributed by atoms with Gasteiger partial charge in [0.25, 0.3) is 0 Å². The number of likely N-dealkylation sites (N-methyl/N-ethyl adjacent to an activating group) is 1. The van der Waals surface area contributed by atoms with Crippen molar-refractivity contribution in [2.45, 2.75) is 25.9 Å². The third-order valence-electron chi connectivity index (χ3n) is 2.85. The minimum Gasteiger partial charge on any atom is -0.313 e. The Morgan fingerprint density at radius 1 is 1.40 bits per heavy atom. The number of nitrogens with zero attached hydrogens (tertiary/aromatic N) is 3. The fourth-order valence-corrected chi connectivity index (χ4v) is 1.18. The first-order chi connectivity index (χ1) is 7.02. The van der Waals surface area contributed by atoms with Crippen molar-refractivity contribution < 1.29 is 0 Å². The summed E-state index contributed by atoms with van der Waals surface area (Å²) in [5.74, 6) is 0. The molecule has 86 valence electrons. The largest absolute Gasteiger partial charge is 0.313 e. The van der Waals surface area contributed by atoms with E-state index in [1.54, 1.807) is 0 Å². The number of hydrogen-bond donors (Lipinski definition) is 1. The Labute approximate surface area is 92.3 Å². The summed E-state index contributed by atoms with van der Waals surface area (Å²) >= 11 is 0. The molecule has 0 atom stereocenters. The minimum atomic E-state index is 0.199. The second-order valence-electron chi connectivity index (χ2n) is 4.65. The molecule has 1 rings (SSSR count). The molecule has 0 aliphatic carbocycles. The van der Waals surface area contributed by atoms with E-state index in [1.165, 1.54) is 0 Å². The van der Waals surface area contributed by atoms with Gasteiger partial charge in [-0.2, -0.15) is 5.10 Å². The summed E-state index contributed by atoms with van der Waals surface area (Å²) in [4.78, 5) is 2.23. The van der Waals surface area contributed by atoms with E-state index in [1.807, 2.05) is 23.1 Å². The van der Waals surface area contributed by atoms with E-state index in [-0.39, 0.29) is 5.54 Å². The van der Waals surface area contributed by atoms with Gasteiger partial charge >= 0.3 is 0 Å². The smallest absolute Gasteiger partial charge is 0.0533 e. The second-order valence-corrected chi connectivity index (χ2v) is 4.65. The fraction of sp³-hybridized carbons (Fsp3) is 0.727. The molecule has 0 unspecified atom stereocenters. The lowest BCUT2D eigenvalue weighted by molar-refractivity contribution is 0.189. The molecule has 0 radical (unpaired) electrons. The molecule has 0 amide bonds. The van der Waals surface area contributed by atoms with E-state index in [2.05, 4.69) is 43.3 Å². The quantitative estimate of drug-likeness (QED) is 0.705. The number of nitrogens with one attached hydrogen (secondary N) is 1. The standard InChI is InChI=1S/C11H22N4/c1-11(2,14(3)4)10-12-7-9-15-8-5-6-13-15/h5-6,8,12H,7,9-10H2,1-4H3. The fourth-order valence-electron chi connectivity index (χ4n) is 1.18. The topological polar surface area (TPSA) is 33.1 Å². The highest BCUT2D eigenvalue weighted by Gasteiger charge is 2.18. The first-order valence-electron chi connectivity index (χ1n) is 5.38. The monoisotopic (exact) mass is 210 g/mol. The third-order valence-corrected chi connectivity index (χ3v) is 2.85. The van der Waals surface area contributed by atoms with Crippen LogP contribution in [0.15, 0.2) is 18.5 Å². The van der Waals surface area contributed by atoms with Gasteiger partial charge in [0.1, 0.15) is 0 Å². The molecule has 0 aromatic carbocycles. The van der Waals surface area contributed by atoms with Crippen molar-refractivity contribution in [3.05, 3.63) is 18.5 Å². The molecule has 1 aromatic rings. The van der Waals surface area contributed by atoms with E-state index in [0.717, 1.165) is 19.6 Å². The number of hydrogen-bond acceptors (Lipinski definition) is 3. The molecule has 0 saturated heterocycles. The predicted molar refractivity (Wildman–Crippen MR) is 62.9 cm³/mol. The van der Waals surface area contributed by atoms with Gasteiger partial charge in [0.15, 0.2) is 0 Å². The molecular formula is C11H22N4. The van der Waals surface area contributed by atoms with Crippen molar-refractivity contribution in [3.63, 3.8) is 0 Å². The van der Waals surface area contributed by atoms with Crippen LogP contribution in [0.4, 0.5) is 0 Å². The van der Waals surface area contributed by atoms with Gasteiger partial charge in [0.05, 0.1) is 6.54 Å². The molecule has 1 aromatic heterocycles. The Hall–Kier alpha value is -0.870. The highest BCUT2D eigenvalue weighted by Crippen LogP contribution is 2.07. The van der Waals surface area contributed by atoms with Crippen molar-refractivity contribution in [3.8, 4) is 0 Å². The summed E-state index contributed by atoms with van der Waals surface area (Å²) in [6.45, 7) is 7.33. The van der Waals surface area contributed by atoms with Gasteiger partial charge in [0.2, 0.25) is 0 Å². The van der Waals surface area contributed by atoms with Crippen molar-refractivity contribution in [2.24, 2.45) is 0 Å². The Morgan fingerprint density at radius 3 is 2.67 bits per heavy atom. The van der Waals surface area contributed by atoms with Gasteiger partial charge in [-0.05, 0) is 34.0 Å². The maximum Gasteiger partial charge on any atom is 0.0533 e. The highest BCUT2D eigenvalue weighted by atomic mass is 15.3. The summed E-state index contributed by atoms with van der Waals surface area (Å²) in [5, 5.41) is 7.59. The van der Waals surface area contributed by atoms with E-state index in [9.17, 15) is 0 Å². The normalized spacial score (nSPS) is 12.3. The molecule has 0 fully saturated rings. The van der Waals surface area contributed by atoms with Gasteiger partial charge in [-0.3, -0.25) is 4.68 Å². The van der Waals surface area contributed by atoms with E-state index >= 15 is 0 Å². The van der Waals surface area contributed by atoms with Crippen LogP contribution in [0.5, 0.6) is 0 Å². The van der Waals surface area contributed by atoms with Crippen molar-refractivity contribution in [2.75, 3.05) is 27.2 Å². The maximum atomic E-state index is 4.15. The summed E-state index contributed by atoms with van der Waals surface area (Å²) in [5.41, 5.74) is 0.199. The van der Waals surface area contributed by atoms with Crippen LogP contribution in [0.2, 0.25) is 0 Å². The van der Waals surface area contributed by atoms with E-state index in [0.29, 0.717) is 0 Å². The van der Waals surface area contributed by atoms with Gasteiger partial charge in [-0.1, -0.05) is 0 Å². The zero-order valence-electron chi connectivity index (χ0n) is 10.2. The Bertz CT molecular complexity index is 264. The first kappa shape index (κ1) is 12.2. The van der Waals surface area contributed by atoms with Crippen LogP contribution < -0.4 is 5.32 Å². The number of rotatable bonds is 6. The summed E-state index contributed by atoms with van der Waals surface area (Å²) < 4.78 is 1.94. The number of aromatic nitrogens is 2. The molecule has 0 saturated carbocycles. The average molecular weight is 210 g/mol. The van der Waals surface area contributed by atoms with Crippen LogP contribution >= 0.6 is 0 Å². The van der Waals surface area contributed by atoms with Crippen LogP contribution in [0.25, 0.3) is 0 Å². The first-order valence-corrected chi connectivity index (χ1v) is 5.38. The van der Waals surface area contributed by atoms with Crippen LogP contribution in [-0.2, 0) is 6.54 Å². The van der Waals surface area contributed by atoms with E-state index in [4.69, 9.17) is 0 Å². The van der Waals surface area contributed by atoms with Gasteiger partial charge in [-0.15, -0.1) is 0 Å². The molecule has 1 heterocycles. The second kappa shape index (κ2) is 5.28. The van der Waals surface area contributed by atoms with E-state index < -0.39 is 0 Å². The van der Waals surface area contributed by atoms with Crippen molar-refractivity contribution in [1.82, 2.24) is 20.0 Å². The van der Waals surface area contributed by atoms with Crippen LogP contribution in [-0.4, -0.2) is 47.4 Å². The van der Waals surface area contributed by atoms with Gasteiger partial charge in [-0.25, -0.2) is 0 Å². The molecule has 0 spiro atoms. The minimum absolute atomic E-state index is 0.199. The Morgan fingerprint density at radius 2 is 2.13 bits per heavy atom. The lowest BCUT2D eigenvalue weighted by Gasteiger charge is -2.32. The van der Waals surface area contributed by atoms with Gasteiger partial charge in [0, 0.05) is 31.0 Å².